The number of anilines is 1. The highest BCUT2D eigenvalue weighted by atomic mass is 16.5. The first-order chi connectivity index (χ1) is 13.0. The molecule has 6 heteroatoms. The number of carbonyl (C=O) groups is 2. The maximum Gasteiger partial charge on any atom is 0.264 e. The van der Waals surface area contributed by atoms with Gasteiger partial charge in [-0.3, -0.25) is 9.59 Å². The number of hydrogen-bond donors (Lipinski definition) is 0. The number of ether oxygens (including phenoxy) is 2. The van der Waals surface area contributed by atoms with Gasteiger partial charge >= 0.3 is 0 Å². The molecule has 2 aromatic carbocycles. The van der Waals surface area contributed by atoms with Crippen LogP contribution in [0.25, 0.3) is 0 Å². The van der Waals surface area contributed by atoms with Crippen LogP contribution in [0.15, 0.2) is 36.4 Å². The number of rotatable bonds is 8. The van der Waals surface area contributed by atoms with Crippen molar-refractivity contribution in [1.82, 2.24) is 0 Å². The third-order valence-corrected chi connectivity index (χ3v) is 4.23. The van der Waals surface area contributed by atoms with Crippen LogP contribution in [0.1, 0.15) is 27.9 Å². The summed E-state index contributed by atoms with van der Waals surface area (Å²) in [4.78, 5) is 25.1. The lowest BCUT2D eigenvalue weighted by molar-refractivity contribution is -0.120. The van der Waals surface area contributed by atoms with Gasteiger partial charge < -0.3 is 14.4 Å². The highest BCUT2D eigenvalue weighted by molar-refractivity contribution is 5.94. The molecule has 0 radical (unpaired) electrons. The van der Waals surface area contributed by atoms with Crippen LogP contribution in [-0.4, -0.2) is 32.5 Å². The largest absolute Gasteiger partial charge is 0.493 e. The van der Waals surface area contributed by atoms with E-state index in [0.717, 1.165) is 16.8 Å². The molecule has 2 rings (SSSR count). The quantitative estimate of drug-likeness (QED) is 0.669. The monoisotopic (exact) mass is 366 g/mol. The summed E-state index contributed by atoms with van der Waals surface area (Å²) >= 11 is 0. The predicted octanol–water partition coefficient (Wildman–Crippen LogP) is 3.45. The lowest BCUT2D eigenvalue weighted by atomic mass is 10.1. The van der Waals surface area contributed by atoms with E-state index in [4.69, 9.17) is 14.7 Å². The fraction of sp³-hybridized carbons (Fsp3) is 0.286. The third kappa shape index (κ3) is 5.08. The fourth-order valence-corrected chi connectivity index (χ4v) is 2.55. The summed E-state index contributed by atoms with van der Waals surface area (Å²) in [5, 5.41) is 8.90. The molecule has 2 aromatic rings. The maximum absolute atomic E-state index is 12.7. The molecule has 1 amide bonds. The minimum Gasteiger partial charge on any atom is -0.493 e. The van der Waals surface area contributed by atoms with Gasteiger partial charge in [0.05, 0.1) is 19.6 Å². The van der Waals surface area contributed by atoms with Gasteiger partial charge in [-0.05, 0) is 55.3 Å². The second-order valence-corrected chi connectivity index (χ2v) is 6.04. The van der Waals surface area contributed by atoms with Crippen LogP contribution in [0.2, 0.25) is 0 Å². The van der Waals surface area contributed by atoms with Crippen molar-refractivity contribution < 1.29 is 19.1 Å². The normalized spacial score (nSPS) is 10.0. The zero-order valence-electron chi connectivity index (χ0n) is 15.7. The molecule has 140 valence electrons. The molecule has 0 saturated heterocycles. The first-order valence-corrected chi connectivity index (χ1v) is 8.50. The fourth-order valence-electron chi connectivity index (χ4n) is 2.55. The van der Waals surface area contributed by atoms with Gasteiger partial charge in [0.25, 0.3) is 5.91 Å². The zero-order chi connectivity index (χ0) is 19.8. The Balaban J connectivity index is 2.17. The molecular formula is C21H22N2O4. The topological polar surface area (TPSA) is 79.6 Å². The average molecular weight is 366 g/mol. The van der Waals surface area contributed by atoms with E-state index in [1.165, 1.54) is 7.11 Å². The Labute approximate surface area is 158 Å². The van der Waals surface area contributed by atoms with E-state index in [1.54, 1.807) is 23.1 Å². The van der Waals surface area contributed by atoms with Gasteiger partial charge in [0.1, 0.15) is 6.29 Å². The lowest BCUT2D eigenvalue weighted by Crippen LogP contribution is -2.35. The number of amides is 1. The van der Waals surface area contributed by atoms with Crippen molar-refractivity contribution in [2.24, 2.45) is 0 Å². The molecule has 0 unspecified atom stereocenters. The van der Waals surface area contributed by atoms with Gasteiger partial charge in [-0.15, -0.1) is 0 Å². The van der Waals surface area contributed by atoms with E-state index in [2.05, 4.69) is 6.07 Å². The molecule has 0 fully saturated rings. The highest BCUT2D eigenvalue weighted by Gasteiger charge is 2.18. The molecule has 0 aromatic heterocycles. The van der Waals surface area contributed by atoms with Crippen LogP contribution < -0.4 is 14.4 Å². The number of aryl methyl sites for hydroxylation is 2. The van der Waals surface area contributed by atoms with Crippen molar-refractivity contribution in [1.29, 1.82) is 5.26 Å². The standard InChI is InChI=1S/C21H22N2O4/c1-15-5-7-18(11-16(15)2)23(10-4-9-22)21(25)14-27-19-8-6-17(13-24)12-20(19)26-3/h5-8,11-13H,4,10,14H2,1-3H3. The number of aldehydes is 1. The second-order valence-electron chi connectivity index (χ2n) is 6.04. The first-order valence-electron chi connectivity index (χ1n) is 8.50. The lowest BCUT2D eigenvalue weighted by Gasteiger charge is -2.23. The molecule has 0 aliphatic rings. The van der Waals surface area contributed by atoms with Gasteiger partial charge in [-0.1, -0.05) is 6.07 Å². The Morgan fingerprint density at radius 3 is 2.56 bits per heavy atom. The Morgan fingerprint density at radius 2 is 1.93 bits per heavy atom. The predicted molar refractivity (Wildman–Crippen MR) is 102 cm³/mol. The van der Waals surface area contributed by atoms with Crippen molar-refractivity contribution in [3.8, 4) is 17.6 Å². The Morgan fingerprint density at radius 1 is 1.15 bits per heavy atom. The van der Waals surface area contributed by atoms with Crippen molar-refractivity contribution >= 4 is 17.9 Å². The molecule has 27 heavy (non-hydrogen) atoms. The van der Waals surface area contributed by atoms with E-state index in [1.807, 2.05) is 32.0 Å². The van der Waals surface area contributed by atoms with Crippen molar-refractivity contribution in [2.75, 3.05) is 25.2 Å². The average Bonchev–Trinajstić information content (AvgIpc) is 2.69. The number of carbonyl (C=O) groups excluding carboxylic acids is 2. The first kappa shape index (κ1) is 20.0. The van der Waals surface area contributed by atoms with Gasteiger partial charge in [-0.25, -0.2) is 0 Å². The number of benzene rings is 2. The number of nitrogens with zero attached hydrogens (tertiary/aromatic N) is 2. The summed E-state index contributed by atoms with van der Waals surface area (Å²) in [7, 11) is 1.47. The molecular weight excluding hydrogens is 344 g/mol. The summed E-state index contributed by atoms with van der Waals surface area (Å²) in [6.45, 7) is 4.04. The van der Waals surface area contributed by atoms with Gasteiger partial charge in [0, 0.05) is 17.8 Å². The minimum atomic E-state index is -0.268. The Bertz CT molecular complexity index is 871. The summed E-state index contributed by atoms with van der Waals surface area (Å²) in [6, 6.07) is 12.5. The van der Waals surface area contributed by atoms with Crippen molar-refractivity contribution in [3.05, 3.63) is 53.1 Å². The zero-order valence-corrected chi connectivity index (χ0v) is 15.7. The SMILES string of the molecule is COc1cc(C=O)ccc1OCC(=O)N(CCC#N)c1ccc(C)c(C)c1. The molecule has 0 N–H and O–H groups in total. The van der Waals surface area contributed by atoms with Crippen LogP contribution in [-0.2, 0) is 4.79 Å². The molecule has 0 atom stereocenters. The Hall–Kier alpha value is -3.33. The van der Waals surface area contributed by atoms with Crippen LogP contribution in [0.3, 0.4) is 0 Å². The summed E-state index contributed by atoms with van der Waals surface area (Å²) in [6.07, 6.45) is 0.927. The molecule has 0 heterocycles. The van der Waals surface area contributed by atoms with E-state index in [0.29, 0.717) is 23.3 Å². The Kier molecular flexibility index (Phi) is 6.95. The number of nitriles is 1. The van der Waals surface area contributed by atoms with Gasteiger partial charge in [0.2, 0.25) is 0 Å². The molecule has 0 aliphatic carbocycles. The molecule has 0 saturated carbocycles. The van der Waals surface area contributed by atoms with Gasteiger partial charge in [-0.2, -0.15) is 5.26 Å². The van der Waals surface area contributed by atoms with Crippen molar-refractivity contribution in [3.63, 3.8) is 0 Å². The minimum absolute atomic E-state index is 0.213. The van der Waals surface area contributed by atoms with E-state index >= 15 is 0 Å². The van der Waals surface area contributed by atoms with Gasteiger partial charge in [0.15, 0.2) is 18.1 Å². The number of methoxy groups -OCH3 is 1. The van der Waals surface area contributed by atoms with Crippen molar-refractivity contribution in [2.45, 2.75) is 20.3 Å². The number of hydrogen-bond acceptors (Lipinski definition) is 5. The van der Waals surface area contributed by atoms with E-state index < -0.39 is 0 Å². The van der Waals surface area contributed by atoms with E-state index in [-0.39, 0.29) is 25.5 Å². The van der Waals surface area contributed by atoms with Crippen LogP contribution in [0.4, 0.5) is 5.69 Å². The molecule has 0 bridgehead atoms. The summed E-state index contributed by atoms with van der Waals surface area (Å²) in [5.41, 5.74) is 3.37. The summed E-state index contributed by atoms with van der Waals surface area (Å²) < 4.78 is 10.8. The summed E-state index contributed by atoms with van der Waals surface area (Å²) in [5.74, 6) is 0.481. The third-order valence-electron chi connectivity index (χ3n) is 4.23. The van der Waals surface area contributed by atoms with E-state index in [9.17, 15) is 9.59 Å². The molecule has 0 spiro atoms. The molecule has 0 aliphatic heterocycles. The molecule has 6 nitrogen and oxygen atoms in total. The highest BCUT2D eigenvalue weighted by Crippen LogP contribution is 2.28. The maximum atomic E-state index is 12.7. The second kappa shape index (κ2) is 9.39. The van der Waals surface area contributed by atoms with Crippen LogP contribution in [0, 0.1) is 25.2 Å². The van der Waals surface area contributed by atoms with Crippen LogP contribution in [0.5, 0.6) is 11.5 Å². The van der Waals surface area contributed by atoms with Crippen LogP contribution >= 0.6 is 0 Å². The smallest absolute Gasteiger partial charge is 0.264 e.